The van der Waals surface area contributed by atoms with E-state index in [1.54, 1.807) is 16.9 Å². The van der Waals surface area contributed by atoms with Gasteiger partial charge in [-0.2, -0.15) is 5.10 Å². The molecule has 5 rings (SSSR count). The highest BCUT2D eigenvalue weighted by Gasteiger charge is 2.23. The van der Waals surface area contributed by atoms with E-state index in [1.807, 2.05) is 30.0 Å². The molecule has 2 aromatic carbocycles. The highest BCUT2D eigenvalue weighted by Crippen LogP contribution is 2.30. The molecule has 0 aliphatic carbocycles. The van der Waals surface area contributed by atoms with Crippen LogP contribution in [0.1, 0.15) is 16.8 Å². The molecule has 0 atom stereocenters. The molecule has 0 radical (unpaired) electrons. The van der Waals surface area contributed by atoms with E-state index in [-0.39, 0.29) is 12.5 Å². The molecule has 1 fully saturated rings. The van der Waals surface area contributed by atoms with Crippen LogP contribution >= 0.6 is 23.2 Å². The number of carbonyl (C=O) groups excluding carboxylic acids is 1. The molecular weight excluding hydrogens is 481 g/mol. The summed E-state index contributed by atoms with van der Waals surface area (Å²) in [4.78, 5) is 21.9. The predicted octanol–water partition coefficient (Wildman–Crippen LogP) is 5.37. The number of pyridine rings is 1. The van der Waals surface area contributed by atoms with Crippen molar-refractivity contribution in [1.82, 2.24) is 24.6 Å². The second-order valence-corrected chi connectivity index (χ2v) is 9.90. The average Bonchev–Trinajstić information content (AvgIpc) is 3.17. The molecule has 35 heavy (non-hydrogen) atoms. The number of aromatic nitrogens is 3. The Hall–Kier alpha value is -2.93. The summed E-state index contributed by atoms with van der Waals surface area (Å²) in [6.45, 7) is 7.90. The molecule has 4 aromatic rings. The number of carbonyl (C=O) groups is 1. The van der Waals surface area contributed by atoms with Crippen molar-refractivity contribution in [2.45, 2.75) is 26.9 Å². The number of benzene rings is 2. The van der Waals surface area contributed by atoms with Crippen LogP contribution in [0, 0.1) is 13.8 Å². The summed E-state index contributed by atoms with van der Waals surface area (Å²) in [5.41, 5.74) is 6.08. The largest absolute Gasteiger partial charge is 0.339 e. The topological polar surface area (TPSA) is 54.3 Å². The predicted molar refractivity (Wildman–Crippen MR) is 141 cm³/mol. The van der Waals surface area contributed by atoms with Crippen LogP contribution in [0.3, 0.4) is 0 Å². The van der Waals surface area contributed by atoms with Crippen molar-refractivity contribution in [2.24, 2.45) is 0 Å². The van der Waals surface area contributed by atoms with E-state index >= 15 is 0 Å². The fourth-order valence-electron chi connectivity index (χ4n) is 4.64. The van der Waals surface area contributed by atoms with Crippen LogP contribution in [0.4, 0.5) is 0 Å². The van der Waals surface area contributed by atoms with Crippen LogP contribution in [-0.2, 0) is 17.9 Å². The molecule has 6 nitrogen and oxygen atoms in total. The zero-order valence-electron chi connectivity index (χ0n) is 19.8. The molecule has 0 bridgehead atoms. The fraction of sp³-hybridized carbons (Fsp3) is 0.296. The van der Waals surface area contributed by atoms with Gasteiger partial charge in [0.05, 0.1) is 5.69 Å². The van der Waals surface area contributed by atoms with E-state index in [4.69, 9.17) is 23.2 Å². The molecule has 0 saturated carbocycles. The van der Waals surface area contributed by atoms with Gasteiger partial charge in [-0.3, -0.25) is 9.69 Å². The zero-order chi connectivity index (χ0) is 24.5. The van der Waals surface area contributed by atoms with Crippen LogP contribution in [0.15, 0.2) is 54.7 Å². The van der Waals surface area contributed by atoms with Gasteiger partial charge in [-0.25, -0.2) is 9.67 Å². The Morgan fingerprint density at radius 2 is 1.71 bits per heavy atom. The summed E-state index contributed by atoms with van der Waals surface area (Å²) in [5, 5.41) is 6.99. The second-order valence-electron chi connectivity index (χ2n) is 9.06. The van der Waals surface area contributed by atoms with Gasteiger partial charge >= 0.3 is 0 Å². The molecule has 0 unspecified atom stereocenters. The number of halogens is 2. The third kappa shape index (κ3) is 5.06. The quantitative estimate of drug-likeness (QED) is 0.364. The van der Waals surface area contributed by atoms with E-state index in [9.17, 15) is 4.79 Å². The smallest absolute Gasteiger partial charge is 0.244 e. The minimum Gasteiger partial charge on any atom is -0.339 e. The Labute approximate surface area is 215 Å². The molecule has 1 saturated heterocycles. The maximum atomic E-state index is 13.2. The number of hydrogen-bond donors (Lipinski definition) is 0. The van der Waals surface area contributed by atoms with Gasteiger partial charge in [0, 0.05) is 54.4 Å². The minimum atomic E-state index is 0.0566. The number of rotatable bonds is 5. The van der Waals surface area contributed by atoms with Crippen molar-refractivity contribution >= 4 is 40.1 Å². The number of amides is 1. The lowest BCUT2D eigenvalue weighted by Gasteiger charge is -2.35. The van der Waals surface area contributed by atoms with Gasteiger partial charge in [0.1, 0.15) is 6.54 Å². The van der Waals surface area contributed by atoms with Crippen molar-refractivity contribution in [2.75, 3.05) is 26.2 Å². The average molecular weight is 508 g/mol. The van der Waals surface area contributed by atoms with Gasteiger partial charge in [-0.15, -0.1) is 0 Å². The highest BCUT2D eigenvalue weighted by molar-refractivity contribution is 6.35. The molecular formula is C27H27Cl2N5O. The van der Waals surface area contributed by atoms with Crippen molar-refractivity contribution in [3.05, 3.63) is 81.6 Å². The van der Waals surface area contributed by atoms with Crippen LogP contribution in [0.25, 0.3) is 22.2 Å². The molecule has 3 heterocycles. The van der Waals surface area contributed by atoms with Crippen molar-refractivity contribution in [1.29, 1.82) is 0 Å². The van der Waals surface area contributed by atoms with Crippen LogP contribution in [-0.4, -0.2) is 56.7 Å². The Bertz CT molecular complexity index is 1370. The summed E-state index contributed by atoms with van der Waals surface area (Å²) in [6.07, 6.45) is 1.79. The van der Waals surface area contributed by atoms with E-state index in [1.165, 1.54) is 5.56 Å². The first kappa shape index (κ1) is 23.8. The first-order valence-corrected chi connectivity index (χ1v) is 12.5. The number of aryl methyl sites for hydroxylation is 2. The Balaban J connectivity index is 1.27. The SMILES string of the molecule is Cc1ccc(-c2ccnc3c2c(C)nn3CC(=O)N2CCN(Cc3ccc(Cl)cc3Cl)CC2)cc1. The summed E-state index contributed by atoms with van der Waals surface area (Å²) in [7, 11) is 0. The lowest BCUT2D eigenvalue weighted by Crippen LogP contribution is -2.49. The fourth-order valence-corrected chi connectivity index (χ4v) is 5.11. The van der Waals surface area contributed by atoms with Crippen LogP contribution in [0.2, 0.25) is 10.0 Å². The Kier molecular flexibility index (Phi) is 6.78. The number of hydrogen-bond acceptors (Lipinski definition) is 4. The van der Waals surface area contributed by atoms with Crippen molar-refractivity contribution in [3.8, 4) is 11.1 Å². The molecule has 1 aliphatic rings. The number of fused-ring (bicyclic) bond motifs is 1. The summed E-state index contributed by atoms with van der Waals surface area (Å²) >= 11 is 12.3. The van der Waals surface area contributed by atoms with E-state index in [0.717, 1.165) is 53.1 Å². The van der Waals surface area contributed by atoms with E-state index in [0.29, 0.717) is 23.1 Å². The van der Waals surface area contributed by atoms with E-state index < -0.39 is 0 Å². The van der Waals surface area contributed by atoms with Gasteiger partial charge in [-0.1, -0.05) is 59.1 Å². The molecule has 0 N–H and O–H groups in total. The van der Waals surface area contributed by atoms with Gasteiger partial charge in [-0.05, 0) is 48.7 Å². The maximum absolute atomic E-state index is 13.2. The minimum absolute atomic E-state index is 0.0566. The molecule has 1 amide bonds. The Morgan fingerprint density at radius 1 is 0.971 bits per heavy atom. The summed E-state index contributed by atoms with van der Waals surface area (Å²) in [5.74, 6) is 0.0566. The van der Waals surface area contributed by atoms with Crippen molar-refractivity contribution < 1.29 is 4.79 Å². The lowest BCUT2D eigenvalue weighted by atomic mass is 10.0. The van der Waals surface area contributed by atoms with Gasteiger partial charge in [0.2, 0.25) is 5.91 Å². The zero-order valence-corrected chi connectivity index (χ0v) is 21.4. The van der Waals surface area contributed by atoms with Crippen molar-refractivity contribution in [3.63, 3.8) is 0 Å². The van der Waals surface area contributed by atoms with Gasteiger partial charge in [0.15, 0.2) is 5.65 Å². The van der Waals surface area contributed by atoms with E-state index in [2.05, 4.69) is 46.2 Å². The molecule has 0 spiro atoms. The molecule has 1 aliphatic heterocycles. The second kappa shape index (κ2) is 9.97. The van der Waals surface area contributed by atoms with Crippen LogP contribution < -0.4 is 0 Å². The molecule has 8 heteroatoms. The standard InChI is InChI=1S/C27H27Cl2N5O/c1-18-3-5-20(6-4-18)23-9-10-30-27-26(23)19(2)31-34(27)17-25(35)33-13-11-32(12-14-33)16-21-7-8-22(28)15-24(21)29/h3-10,15H,11-14,16-17H2,1-2H3. The monoisotopic (exact) mass is 507 g/mol. The third-order valence-corrected chi connectivity index (χ3v) is 7.18. The third-order valence-electron chi connectivity index (χ3n) is 6.59. The normalized spacial score (nSPS) is 14.6. The molecule has 2 aromatic heterocycles. The molecule has 180 valence electrons. The number of nitrogens with zero attached hydrogens (tertiary/aromatic N) is 5. The first-order valence-electron chi connectivity index (χ1n) is 11.7. The summed E-state index contributed by atoms with van der Waals surface area (Å²) in [6, 6.07) is 16.0. The number of piperazine rings is 1. The maximum Gasteiger partial charge on any atom is 0.244 e. The lowest BCUT2D eigenvalue weighted by molar-refractivity contribution is -0.133. The Morgan fingerprint density at radius 3 is 2.43 bits per heavy atom. The van der Waals surface area contributed by atoms with Gasteiger partial charge in [0.25, 0.3) is 0 Å². The summed E-state index contributed by atoms with van der Waals surface area (Å²) < 4.78 is 1.74. The van der Waals surface area contributed by atoms with Crippen LogP contribution in [0.5, 0.6) is 0 Å². The highest BCUT2D eigenvalue weighted by atomic mass is 35.5. The van der Waals surface area contributed by atoms with Gasteiger partial charge < -0.3 is 4.90 Å². The first-order chi connectivity index (χ1) is 16.9.